The lowest BCUT2D eigenvalue weighted by molar-refractivity contribution is -0.147. The van der Waals surface area contributed by atoms with Gasteiger partial charge in [0.05, 0.1) is 19.6 Å². The molecule has 0 fully saturated rings. The summed E-state index contributed by atoms with van der Waals surface area (Å²) in [5.74, 6) is -0.582. The third-order valence-corrected chi connectivity index (χ3v) is 4.51. The number of rotatable bonds is 12. The molecule has 2 unspecified atom stereocenters. The number of ether oxygens (including phenoxy) is 2. The van der Waals surface area contributed by atoms with Crippen LogP contribution in [0.1, 0.15) is 31.7 Å². The Bertz CT molecular complexity index is 583. The van der Waals surface area contributed by atoms with Crippen LogP contribution in [0.25, 0.3) is 0 Å². The first kappa shape index (κ1) is 23.1. The maximum atomic E-state index is 12.0. The molecule has 1 rings (SSSR count). The number of carbonyl (C=O) groups is 2. The summed E-state index contributed by atoms with van der Waals surface area (Å²) in [5.41, 5.74) is 0.946. The SMILES string of the molecule is COC(=O)C(COP=O)CC(C)CCCN(C)C(=O)OCc1ccccc1. The molecule has 0 aliphatic heterocycles. The van der Waals surface area contributed by atoms with Gasteiger partial charge >= 0.3 is 20.7 Å². The first-order chi connectivity index (χ1) is 13.0. The zero-order valence-corrected chi connectivity index (χ0v) is 17.0. The lowest BCUT2D eigenvalue weighted by atomic mass is 9.93. The quantitative estimate of drug-likeness (QED) is 0.391. The Balaban J connectivity index is 2.29. The van der Waals surface area contributed by atoms with Crippen LogP contribution in [0.2, 0.25) is 0 Å². The highest BCUT2D eigenvalue weighted by Crippen LogP contribution is 2.20. The fourth-order valence-corrected chi connectivity index (χ4v) is 2.96. The summed E-state index contributed by atoms with van der Waals surface area (Å²) in [4.78, 5) is 25.3. The van der Waals surface area contributed by atoms with Gasteiger partial charge in [-0.1, -0.05) is 37.3 Å². The van der Waals surface area contributed by atoms with E-state index < -0.39 is 14.6 Å². The Morgan fingerprint density at radius 2 is 1.93 bits per heavy atom. The van der Waals surface area contributed by atoms with Crippen LogP contribution in [0.4, 0.5) is 4.79 Å². The monoisotopic (exact) mass is 397 g/mol. The van der Waals surface area contributed by atoms with Crippen LogP contribution in [0, 0.1) is 11.8 Å². The molecule has 1 amide bonds. The van der Waals surface area contributed by atoms with Crippen LogP contribution in [-0.2, 0) is 30.0 Å². The largest absolute Gasteiger partial charge is 0.469 e. The van der Waals surface area contributed by atoms with Gasteiger partial charge in [-0.25, -0.2) is 9.36 Å². The van der Waals surface area contributed by atoms with Crippen LogP contribution in [0.3, 0.4) is 0 Å². The molecular formula is C19H28NO6P. The molecule has 1 aromatic rings. The molecule has 1 aromatic carbocycles. The average molecular weight is 397 g/mol. The van der Waals surface area contributed by atoms with Crippen molar-refractivity contribution in [2.75, 3.05) is 27.3 Å². The van der Waals surface area contributed by atoms with E-state index in [0.29, 0.717) is 13.0 Å². The van der Waals surface area contributed by atoms with E-state index >= 15 is 0 Å². The predicted octanol–water partition coefficient (Wildman–Crippen LogP) is 4.07. The first-order valence-electron chi connectivity index (χ1n) is 8.92. The van der Waals surface area contributed by atoms with Gasteiger partial charge in [0, 0.05) is 13.6 Å². The minimum absolute atomic E-state index is 0.0633. The number of hydrogen-bond donors (Lipinski definition) is 0. The van der Waals surface area contributed by atoms with Crippen LogP contribution >= 0.6 is 8.69 Å². The topological polar surface area (TPSA) is 82.1 Å². The van der Waals surface area contributed by atoms with Gasteiger partial charge in [-0.2, -0.15) is 0 Å². The molecule has 8 heteroatoms. The number of nitrogens with zero attached hydrogens (tertiary/aromatic N) is 1. The minimum Gasteiger partial charge on any atom is -0.469 e. The predicted molar refractivity (Wildman–Crippen MR) is 101 cm³/mol. The van der Waals surface area contributed by atoms with Crippen molar-refractivity contribution in [3.05, 3.63) is 35.9 Å². The van der Waals surface area contributed by atoms with E-state index in [1.54, 1.807) is 11.9 Å². The molecule has 0 heterocycles. The van der Waals surface area contributed by atoms with Crippen molar-refractivity contribution in [2.45, 2.75) is 32.8 Å². The maximum absolute atomic E-state index is 12.0. The Labute approximate surface area is 162 Å². The molecule has 150 valence electrons. The number of carbonyl (C=O) groups excluding carboxylic acids is 2. The highest BCUT2D eigenvalue weighted by atomic mass is 31.1. The average Bonchev–Trinajstić information content (AvgIpc) is 2.69. The van der Waals surface area contributed by atoms with Gasteiger partial charge in [0.1, 0.15) is 6.61 Å². The van der Waals surface area contributed by atoms with Gasteiger partial charge in [0.25, 0.3) is 0 Å². The summed E-state index contributed by atoms with van der Waals surface area (Å²) in [5, 5.41) is 0. The Morgan fingerprint density at radius 1 is 1.22 bits per heavy atom. The molecule has 27 heavy (non-hydrogen) atoms. The number of methoxy groups -OCH3 is 1. The number of benzene rings is 1. The van der Waals surface area contributed by atoms with E-state index in [4.69, 9.17) is 14.0 Å². The summed E-state index contributed by atoms with van der Waals surface area (Å²) in [7, 11) is 2.58. The van der Waals surface area contributed by atoms with Crippen molar-refractivity contribution < 1.29 is 28.2 Å². The van der Waals surface area contributed by atoms with Crippen LogP contribution in [0.5, 0.6) is 0 Å². The lowest BCUT2D eigenvalue weighted by Crippen LogP contribution is -2.29. The summed E-state index contributed by atoms with van der Waals surface area (Å²) in [6.07, 6.45) is 1.83. The molecule has 0 aromatic heterocycles. The molecule has 0 radical (unpaired) electrons. The van der Waals surface area contributed by atoms with E-state index in [1.165, 1.54) is 7.11 Å². The van der Waals surface area contributed by atoms with Gasteiger partial charge < -0.3 is 14.4 Å². The summed E-state index contributed by atoms with van der Waals surface area (Å²) >= 11 is 0. The van der Waals surface area contributed by atoms with Crippen molar-refractivity contribution in [1.29, 1.82) is 0 Å². The Hall–Kier alpha value is -1.98. The fourth-order valence-electron chi connectivity index (χ4n) is 2.72. The van der Waals surface area contributed by atoms with Crippen molar-refractivity contribution in [2.24, 2.45) is 11.8 Å². The van der Waals surface area contributed by atoms with Crippen LogP contribution < -0.4 is 0 Å². The van der Waals surface area contributed by atoms with Gasteiger partial charge in [-0.15, -0.1) is 0 Å². The number of esters is 1. The Morgan fingerprint density at radius 3 is 2.56 bits per heavy atom. The normalized spacial score (nSPS) is 13.0. The van der Waals surface area contributed by atoms with Gasteiger partial charge in [-0.05, 0) is 30.7 Å². The molecular weight excluding hydrogens is 369 g/mol. The zero-order chi connectivity index (χ0) is 20.1. The molecule has 7 nitrogen and oxygen atoms in total. The summed E-state index contributed by atoms with van der Waals surface area (Å²) < 4.78 is 25.3. The Kier molecular flexibility index (Phi) is 11.3. The fraction of sp³-hybridized carbons (Fsp3) is 0.579. The summed E-state index contributed by atoms with van der Waals surface area (Å²) in [6, 6.07) is 9.52. The molecule has 0 aliphatic rings. The second kappa shape index (κ2) is 13.2. The molecule has 0 saturated heterocycles. The third kappa shape index (κ3) is 9.50. The lowest BCUT2D eigenvalue weighted by Gasteiger charge is -2.20. The van der Waals surface area contributed by atoms with E-state index in [9.17, 15) is 14.2 Å². The van der Waals surface area contributed by atoms with Crippen LogP contribution in [0.15, 0.2) is 30.3 Å². The van der Waals surface area contributed by atoms with Crippen molar-refractivity contribution in [3.8, 4) is 0 Å². The van der Waals surface area contributed by atoms with Gasteiger partial charge in [0.2, 0.25) is 0 Å². The second-order valence-electron chi connectivity index (χ2n) is 6.54. The highest BCUT2D eigenvalue weighted by molar-refractivity contribution is 7.17. The number of hydrogen-bond acceptors (Lipinski definition) is 6. The van der Waals surface area contributed by atoms with Gasteiger partial charge in [0.15, 0.2) is 0 Å². The van der Waals surface area contributed by atoms with Gasteiger partial charge in [-0.3, -0.25) is 9.32 Å². The molecule has 2 atom stereocenters. The smallest absolute Gasteiger partial charge is 0.409 e. The maximum Gasteiger partial charge on any atom is 0.409 e. The highest BCUT2D eigenvalue weighted by Gasteiger charge is 2.22. The molecule has 0 bridgehead atoms. The first-order valence-corrected chi connectivity index (χ1v) is 9.65. The van der Waals surface area contributed by atoms with Crippen LogP contribution in [-0.4, -0.2) is 44.3 Å². The number of amides is 1. The van der Waals surface area contributed by atoms with E-state index in [1.807, 2.05) is 37.3 Å². The van der Waals surface area contributed by atoms with E-state index in [2.05, 4.69) is 0 Å². The van der Waals surface area contributed by atoms with Crippen molar-refractivity contribution in [3.63, 3.8) is 0 Å². The molecule has 0 saturated carbocycles. The minimum atomic E-state index is -0.447. The molecule has 0 aliphatic carbocycles. The van der Waals surface area contributed by atoms with E-state index in [0.717, 1.165) is 18.4 Å². The van der Waals surface area contributed by atoms with E-state index in [-0.39, 0.29) is 31.2 Å². The molecule has 0 spiro atoms. The summed E-state index contributed by atoms with van der Waals surface area (Å²) in [6.45, 7) is 2.91. The van der Waals surface area contributed by atoms with Crippen molar-refractivity contribution in [1.82, 2.24) is 4.90 Å². The third-order valence-electron chi connectivity index (χ3n) is 4.26. The zero-order valence-electron chi connectivity index (χ0n) is 16.1. The van der Waals surface area contributed by atoms with Crippen molar-refractivity contribution >= 4 is 20.7 Å². The standard InChI is InChI=1S/C19H28NO6P/c1-15(12-17(14-26-27-23)18(21)24-3)8-7-11-20(2)19(22)25-13-16-9-5-4-6-10-16/h4-6,9-10,15,17H,7-8,11-14H2,1-3H3. The second-order valence-corrected chi connectivity index (χ2v) is 6.94. The molecule has 0 N–H and O–H groups in total.